The van der Waals surface area contributed by atoms with Crippen molar-refractivity contribution in [1.82, 2.24) is 20.4 Å². The van der Waals surface area contributed by atoms with Gasteiger partial charge >= 0.3 is 5.97 Å². The van der Waals surface area contributed by atoms with Gasteiger partial charge in [0, 0.05) is 25.9 Å². The van der Waals surface area contributed by atoms with Crippen molar-refractivity contribution in [2.75, 3.05) is 26.2 Å². The number of nitrogens with zero attached hydrogens (tertiary/aromatic N) is 2. The van der Waals surface area contributed by atoms with Gasteiger partial charge in [-0.2, -0.15) is 0 Å². The second-order valence-electron chi connectivity index (χ2n) is 7.99. The molecule has 0 unspecified atom stereocenters. The Morgan fingerprint density at radius 1 is 1.27 bits per heavy atom. The van der Waals surface area contributed by atoms with Crippen LogP contribution in [0.4, 0.5) is 0 Å². The molecule has 164 valence electrons. The largest absolute Gasteiger partial charge is 0.477 e. The first kappa shape index (κ1) is 21.8. The third kappa shape index (κ3) is 4.02. The van der Waals surface area contributed by atoms with Gasteiger partial charge in [0.05, 0.1) is 31.2 Å². The Morgan fingerprint density at radius 2 is 1.97 bits per heavy atom. The van der Waals surface area contributed by atoms with E-state index in [1.54, 1.807) is 4.90 Å². The molecule has 0 bridgehead atoms. The molecule has 0 aromatic heterocycles. The molecule has 2 fully saturated rings. The Hall–Kier alpha value is -2.95. The zero-order chi connectivity index (χ0) is 22.2. The molecule has 11 nitrogen and oxygen atoms in total. The molecule has 5 N–H and O–H groups in total. The molecular weight excluding hydrogens is 394 g/mol. The van der Waals surface area contributed by atoms with E-state index in [1.165, 1.54) is 18.7 Å². The van der Waals surface area contributed by atoms with E-state index < -0.39 is 23.9 Å². The number of aliphatic carboxylic acids is 1. The number of fused-ring (bicyclic) bond motifs is 1. The van der Waals surface area contributed by atoms with Crippen molar-refractivity contribution in [1.29, 1.82) is 5.41 Å². The summed E-state index contributed by atoms with van der Waals surface area (Å²) in [6, 6.07) is -0.319. The van der Waals surface area contributed by atoms with Gasteiger partial charge in [-0.05, 0) is 25.3 Å². The first-order valence-electron chi connectivity index (χ1n) is 9.92. The second kappa shape index (κ2) is 8.42. The second-order valence-corrected chi connectivity index (χ2v) is 7.99. The molecule has 4 atom stereocenters. The summed E-state index contributed by atoms with van der Waals surface area (Å²) in [7, 11) is 0. The summed E-state index contributed by atoms with van der Waals surface area (Å²) in [5, 5.41) is 32.7. The Labute approximate surface area is 173 Å². The zero-order valence-electron chi connectivity index (χ0n) is 17.0. The summed E-state index contributed by atoms with van der Waals surface area (Å²) in [6.45, 7) is 3.67. The van der Waals surface area contributed by atoms with Gasteiger partial charge in [-0.3, -0.25) is 19.8 Å². The number of carboxylic acid groups (broad SMARTS) is 1. The van der Waals surface area contributed by atoms with Crippen LogP contribution in [0.2, 0.25) is 0 Å². The number of nitrogens with one attached hydrogen (secondary N) is 3. The lowest BCUT2D eigenvalue weighted by atomic mass is 9.82. The fourth-order valence-electron chi connectivity index (χ4n) is 4.52. The molecule has 0 aromatic carbocycles. The third-order valence-electron chi connectivity index (χ3n) is 5.98. The van der Waals surface area contributed by atoms with Gasteiger partial charge in [-0.15, -0.1) is 0 Å². The first-order valence-corrected chi connectivity index (χ1v) is 9.92. The van der Waals surface area contributed by atoms with Crippen LogP contribution in [-0.4, -0.2) is 87.9 Å². The van der Waals surface area contributed by atoms with Crippen molar-refractivity contribution in [2.45, 2.75) is 38.8 Å². The van der Waals surface area contributed by atoms with Crippen LogP contribution < -0.4 is 10.6 Å². The average Bonchev–Trinajstić information content (AvgIpc) is 3.26. The molecule has 3 heterocycles. The number of carbonyl (C=O) groups excluding carboxylic acids is 3. The molecular formula is C19H27N5O6. The highest BCUT2D eigenvalue weighted by atomic mass is 16.4. The number of aliphatic hydroxyl groups excluding tert-OH is 1. The Morgan fingerprint density at radius 3 is 2.57 bits per heavy atom. The van der Waals surface area contributed by atoms with Crippen LogP contribution in [-0.2, 0) is 19.2 Å². The van der Waals surface area contributed by atoms with Crippen molar-refractivity contribution < 1.29 is 29.4 Å². The monoisotopic (exact) mass is 421 g/mol. The van der Waals surface area contributed by atoms with Crippen LogP contribution >= 0.6 is 0 Å². The Kier molecular flexibility index (Phi) is 6.11. The fourth-order valence-corrected chi connectivity index (χ4v) is 4.52. The van der Waals surface area contributed by atoms with Gasteiger partial charge in [0.2, 0.25) is 17.7 Å². The molecule has 3 aliphatic rings. The van der Waals surface area contributed by atoms with Crippen molar-refractivity contribution in [3.05, 3.63) is 11.3 Å². The van der Waals surface area contributed by atoms with Crippen LogP contribution in [0.15, 0.2) is 11.3 Å². The number of amidine groups is 1. The van der Waals surface area contributed by atoms with Gasteiger partial charge in [-0.1, -0.05) is 0 Å². The topological polar surface area (TPSA) is 163 Å². The number of amides is 3. The number of aliphatic hydroxyl groups is 1. The molecule has 30 heavy (non-hydrogen) atoms. The summed E-state index contributed by atoms with van der Waals surface area (Å²) in [5.41, 5.74) is 0.706. The average molecular weight is 421 g/mol. The zero-order valence-corrected chi connectivity index (χ0v) is 17.0. The van der Waals surface area contributed by atoms with E-state index in [2.05, 4.69) is 10.6 Å². The van der Waals surface area contributed by atoms with Gasteiger partial charge in [0.25, 0.3) is 0 Å². The van der Waals surface area contributed by atoms with Crippen LogP contribution in [0.1, 0.15) is 26.7 Å². The highest BCUT2D eigenvalue weighted by molar-refractivity contribution is 6.00. The minimum atomic E-state index is -1.15. The molecule has 0 radical (unpaired) electrons. The minimum absolute atomic E-state index is 0.00725. The van der Waals surface area contributed by atoms with Crippen LogP contribution in [0.25, 0.3) is 0 Å². The van der Waals surface area contributed by atoms with E-state index >= 15 is 0 Å². The molecule has 3 aliphatic heterocycles. The SMILES string of the molecule is CC(=O)NCC(=O)NCC(=N)N1CC[C@@H](C2=C(C(=O)O)N3C(=O)[C@H]([C@@H](C)O)[C@H]3C2)C1. The quantitative estimate of drug-likeness (QED) is 0.189. The van der Waals surface area contributed by atoms with Gasteiger partial charge in [0.15, 0.2) is 0 Å². The third-order valence-corrected chi connectivity index (χ3v) is 5.98. The molecule has 0 aromatic rings. The predicted molar refractivity (Wildman–Crippen MR) is 104 cm³/mol. The number of carboxylic acids is 1. The number of hydrogen-bond acceptors (Lipinski definition) is 6. The first-order chi connectivity index (χ1) is 14.1. The Bertz CT molecular complexity index is 822. The molecule has 3 rings (SSSR count). The summed E-state index contributed by atoms with van der Waals surface area (Å²) in [5.74, 6) is -2.71. The van der Waals surface area contributed by atoms with E-state index in [-0.39, 0.29) is 48.4 Å². The van der Waals surface area contributed by atoms with Crippen LogP contribution in [0.3, 0.4) is 0 Å². The molecule has 0 spiro atoms. The number of carbonyl (C=O) groups is 4. The van der Waals surface area contributed by atoms with Crippen molar-refractivity contribution in [3.63, 3.8) is 0 Å². The fraction of sp³-hybridized carbons (Fsp3) is 0.632. The number of rotatable bonds is 7. The lowest BCUT2D eigenvalue weighted by molar-refractivity contribution is -0.161. The predicted octanol–water partition coefficient (Wildman–Crippen LogP) is -1.51. The summed E-state index contributed by atoms with van der Waals surface area (Å²) < 4.78 is 0. The highest BCUT2D eigenvalue weighted by Crippen LogP contribution is 2.47. The number of likely N-dealkylation sites (tertiary alicyclic amines) is 1. The molecule has 0 aliphatic carbocycles. The van der Waals surface area contributed by atoms with E-state index in [0.29, 0.717) is 31.5 Å². The van der Waals surface area contributed by atoms with Gasteiger partial charge in [-0.25, -0.2) is 4.79 Å². The van der Waals surface area contributed by atoms with Crippen molar-refractivity contribution in [2.24, 2.45) is 11.8 Å². The summed E-state index contributed by atoms with van der Waals surface area (Å²) in [4.78, 5) is 49.8. The summed E-state index contributed by atoms with van der Waals surface area (Å²) >= 11 is 0. The molecule has 3 amide bonds. The molecule has 11 heteroatoms. The van der Waals surface area contributed by atoms with Crippen molar-refractivity contribution in [3.8, 4) is 0 Å². The lowest BCUT2D eigenvalue weighted by Gasteiger charge is -2.44. The normalized spacial score (nSPS) is 26.2. The standard InChI is InChI=1S/C19H27N5O6/c1-9(25)16-13-5-12(17(19(29)30)24(13)18(16)28)11-3-4-23(8-11)14(20)6-22-15(27)7-21-10(2)26/h9,11,13,16,20,25H,3-8H2,1-2H3,(H,21,26)(H,22,27)(H,29,30)/t9-,11-,13-,16-/m1/s1. The maximum Gasteiger partial charge on any atom is 0.352 e. The van der Waals surface area contributed by atoms with E-state index in [9.17, 15) is 29.4 Å². The van der Waals surface area contributed by atoms with Crippen molar-refractivity contribution >= 4 is 29.5 Å². The van der Waals surface area contributed by atoms with E-state index in [0.717, 1.165) is 0 Å². The lowest BCUT2D eigenvalue weighted by Crippen LogP contribution is -2.61. The van der Waals surface area contributed by atoms with Gasteiger partial charge in [0.1, 0.15) is 11.5 Å². The van der Waals surface area contributed by atoms with Crippen LogP contribution in [0, 0.1) is 17.2 Å². The van der Waals surface area contributed by atoms with E-state index in [4.69, 9.17) is 5.41 Å². The Balaban J connectivity index is 1.60. The van der Waals surface area contributed by atoms with Crippen LogP contribution in [0.5, 0.6) is 0 Å². The number of hydrogen-bond donors (Lipinski definition) is 5. The maximum atomic E-state index is 12.3. The molecule has 0 saturated carbocycles. The summed E-state index contributed by atoms with van der Waals surface area (Å²) in [6.07, 6.45) is 0.229. The minimum Gasteiger partial charge on any atom is -0.477 e. The number of β-lactam (4-membered cyclic amide) rings is 1. The smallest absolute Gasteiger partial charge is 0.352 e. The molecule has 2 saturated heterocycles. The van der Waals surface area contributed by atoms with Gasteiger partial charge < -0.3 is 30.6 Å². The maximum absolute atomic E-state index is 12.3. The van der Waals surface area contributed by atoms with E-state index in [1.807, 2.05) is 0 Å². The highest BCUT2D eigenvalue weighted by Gasteiger charge is 2.57.